The quantitative estimate of drug-likeness (QED) is 0.204. The number of para-hydroxylation sites is 1. The highest BCUT2D eigenvalue weighted by Gasteiger charge is 2.41. The summed E-state index contributed by atoms with van der Waals surface area (Å²) in [7, 11) is 3.27. The standard InChI is InChI=1S/C29H35ClN2O5S/c1-36-20-8-9-23-21(18-20)27(22(30)19-31-23)24(33)10-11-29(28(34)35)12-15-32(16-13-29)14-5-17-38-26-7-4-3-6-25(26)37-2/h3-4,6-9,18-19,24,33H,5,10-17H2,1-2H3,(H,34,35)/t24-/m1/s1. The molecule has 1 atom stereocenters. The second-order valence-electron chi connectivity index (χ2n) is 9.74. The minimum absolute atomic E-state index is 0.303. The predicted octanol–water partition coefficient (Wildman–Crippen LogP) is 6.07. The number of rotatable bonds is 12. The van der Waals surface area contributed by atoms with Crippen molar-refractivity contribution in [3.8, 4) is 11.5 Å². The zero-order chi connectivity index (χ0) is 27.1. The van der Waals surface area contributed by atoms with E-state index in [-0.39, 0.29) is 0 Å². The number of ether oxygens (including phenoxy) is 2. The fraction of sp³-hybridized carbons (Fsp3) is 0.448. The normalized spacial score (nSPS) is 16.3. The molecular weight excluding hydrogens is 524 g/mol. The minimum Gasteiger partial charge on any atom is -0.497 e. The first-order valence-corrected chi connectivity index (χ1v) is 14.2. The van der Waals surface area contributed by atoms with Crippen LogP contribution in [0, 0.1) is 5.41 Å². The molecule has 38 heavy (non-hydrogen) atoms. The van der Waals surface area contributed by atoms with Crippen molar-refractivity contribution in [1.82, 2.24) is 9.88 Å². The number of likely N-dealkylation sites (tertiary alicyclic amines) is 1. The number of aliphatic hydroxyl groups excluding tert-OH is 1. The summed E-state index contributed by atoms with van der Waals surface area (Å²) in [4.78, 5) is 20.2. The Labute approximate surface area is 233 Å². The van der Waals surface area contributed by atoms with Crippen LogP contribution in [-0.2, 0) is 4.79 Å². The first-order chi connectivity index (χ1) is 18.4. The maximum atomic E-state index is 12.4. The van der Waals surface area contributed by atoms with E-state index in [0.29, 0.717) is 47.5 Å². The lowest BCUT2D eigenvalue weighted by molar-refractivity contribution is -0.153. The third kappa shape index (κ3) is 6.54. The van der Waals surface area contributed by atoms with Crippen LogP contribution in [0.4, 0.5) is 0 Å². The van der Waals surface area contributed by atoms with E-state index in [2.05, 4.69) is 16.0 Å². The summed E-state index contributed by atoms with van der Waals surface area (Å²) in [5, 5.41) is 22.4. The van der Waals surface area contributed by atoms with Crippen molar-refractivity contribution >= 4 is 40.2 Å². The number of hydrogen-bond acceptors (Lipinski definition) is 7. The molecule has 0 spiro atoms. The highest BCUT2D eigenvalue weighted by molar-refractivity contribution is 7.99. The Morgan fingerprint density at radius 1 is 1.18 bits per heavy atom. The number of halogens is 1. The van der Waals surface area contributed by atoms with Gasteiger partial charge in [-0.05, 0) is 87.8 Å². The number of methoxy groups -OCH3 is 2. The maximum Gasteiger partial charge on any atom is 0.309 e. The van der Waals surface area contributed by atoms with Crippen LogP contribution in [0.25, 0.3) is 10.9 Å². The second-order valence-corrected chi connectivity index (χ2v) is 11.3. The van der Waals surface area contributed by atoms with Gasteiger partial charge in [-0.3, -0.25) is 9.78 Å². The molecular formula is C29H35ClN2O5S. The van der Waals surface area contributed by atoms with Crippen molar-refractivity contribution in [3.05, 3.63) is 59.2 Å². The van der Waals surface area contributed by atoms with Crippen LogP contribution in [0.5, 0.6) is 11.5 Å². The Kier molecular flexibility index (Phi) is 9.76. The molecule has 1 aliphatic heterocycles. The van der Waals surface area contributed by atoms with Gasteiger partial charge in [-0.1, -0.05) is 23.7 Å². The molecule has 0 radical (unpaired) electrons. The molecule has 9 heteroatoms. The monoisotopic (exact) mass is 558 g/mol. The molecule has 4 rings (SSSR count). The van der Waals surface area contributed by atoms with Crippen LogP contribution < -0.4 is 9.47 Å². The topological polar surface area (TPSA) is 92.1 Å². The number of aliphatic hydroxyl groups is 1. The van der Waals surface area contributed by atoms with Gasteiger partial charge in [-0.2, -0.15) is 0 Å². The number of nitrogens with zero attached hydrogens (tertiary/aromatic N) is 2. The lowest BCUT2D eigenvalue weighted by atomic mass is 9.74. The number of carboxylic acid groups (broad SMARTS) is 1. The molecule has 2 heterocycles. The van der Waals surface area contributed by atoms with E-state index in [1.54, 1.807) is 26.0 Å². The molecule has 2 aromatic carbocycles. The van der Waals surface area contributed by atoms with Crippen molar-refractivity contribution in [3.63, 3.8) is 0 Å². The van der Waals surface area contributed by atoms with E-state index in [0.717, 1.165) is 47.8 Å². The molecule has 2 N–H and O–H groups in total. The Bertz CT molecular complexity index is 1250. The van der Waals surface area contributed by atoms with Crippen LogP contribution in [0.2, 0.25) is 5.02 Å². The summed E-state index contributed by atoms with van der Waals surface area (Å²) < 4.78 is 10.8. The number of pyridine rings is 1. The van der Waals surface area contributed by atoms with Crippen LogP contribution >= 0.6 is 23.4 Å². The number of carboxylic acids is 1. The van der Waals surface area contributed by atoms with Gasteiger partial charge in [0, 0.05) is 22.0 Å². The van der Waals surface area contributed by atoms with Gasteiger partial charge in [-0.25, -0.2) is 0 Å². The molecule has 1 fully saturated rings. The molecule has 0 bridgehead atoms. The molecule has 1 aromatic heterocycles. The van der Waals surface area contributed by atoms with E-state index in [4.69, 9.17) is 21.1 Å². The van der Waals surface area contributed by atoms with Gasteiger partial charge < -0.3 is 24.6 Å². The third-order valence-electron chi connectivity index (χ3n) is 7.51. The second kappa shape index (κ2) is 13.0. The molecule has 3 aromatic rings. The molecule has 0 unspecified atom stereocenters. The Hall–Kier alpha value is -2.52. The predicted molar refractivity (Wildman–Crippen MR) is 152 cm³/mol. The largest absolute Gasteiger partial charge is 0.497 e. The van der Waals surface area contributed by atoms with E-state index in [9.17, 15) is 15.0 Å². The summed E-state index contributed by atoms with van der Waals surface area (Å²) in [6.45, 7) is 2.40. The summed E-state index contributed by atoms with van der Waals surface area (Å²) in [6.07, 6.45) is 3.45. The fourth-order valence-corrected chi connectivity index (χ4v) is 6.41. The van der Waals surface area contributed by atoms with E-state index >= 15 is 0 Å². The van der Waals surface area contributed by atoms with Crippen LogP contribution in [0.3, 0.4) is 0 Å². The number of carbonyl (C=O) groups is 1. The van der Waals surface area contributed by atoms with Crippen LogP contribution in [0.15, 0.2) is 53.6 Å². The van der Waals surface area contributed by atoms with Crippen molar-refractivity contribution < 1.29 is 24.5 Å². The average molecular weight is 559 g/mol. The van der Waals surface area contributed by atoms with Crippen molar-refractivity contribution in [2.24, 2.45) is 5.41 Å². The average Bonchev–Trinajstić information content (AvgIpc) is 2.94. The Morgan fingerprint density at radius 2 is 1.95 bits per heavy atom. The molecule has 204 valence electrons. The smallest absolute Gasteiger partial charge is 0.309 e. The first kappa shape index (κ1) is 28.5. The highest BCUT2D eigenvalue weighted by atomic mass is 35.5. The Balaban J connectivity index is 1.33. The first-order valence-electron chi connectivity index (χ1n) is 12.9. The summed E-state index contributed by atoms with van der Waals surface area (Å²) >= 11 is 8.23. The fourth-order valence-electron chi connectivity index (χ4n) is 5.17. The van der Waals surface area contributed by atoms with E-state index in [1.807, 2.05) is 36.4 Å². The molecule has 0 saturated carbocycles. The van der Waals surface area contributed by atoms with Gasteiger partial charge in [-0.15, -0.1) is 11.8 Å². The van der Waals surface area contributed by atoms with Crippen molar-refractivity contribution in [2.75, 3.05) is 39.6 Å². The summed E-state index contributed by atoms with van der Waals surface area (Å²) in [5.41, 5.74) is 0.423. The Morgan fingerprint density at radius 3 is 2.66 bits per heavy atom. The number of piperidine rings is 1. The number of fused-ring (bicyclic) bond motifs is 1. The van der Waals surface area contributed by atoms with Gasteiger partial charge in [0.05, 0.1) is 36.3 Å². The zero-order valence-corrected chi connectivity index (χ0v) is 23.4. The molecule has 1 aliphatic rings. The van der Waals surface area contributed by atoms with Crippen molar-refractivity contribution in [2.45, 2.75) is 43.1 Å². The maximum absolute atomic E-state index is 12.4. The lowest BCUT2D eigenvalue weighted by Gasteiger charge is -2.39. The van der Waals surface area contributed by atoms with Crippen LogP contribution in [0.1, 0.15) is 43.8 Å². The van der Waals surface area contributed by atoms with Gasteiger partial charge >= 0.3 is 5.97 Å². The van der Waals surface area contributed by atoms with E-state index < -0.39 is 17.5 Å². The van der Waals surface area contributed by atoms with Gasteiger partial charge in [0.15, 0.2) is 0 Å². The number of aliphatic carboxylic acids is 1. The molecule has 1 saturated heterocycles. The minimum atomic E-state index is -0.902. The third-order valence-corrected chi connectivity index (χ3v) is 8.95. The van der Waals surface area contributed by atoms with Gasteiger partial charge in [0.1, 0.15) is 11.5 Å². The molecule has 7 nitrogen and oxygen atoms in total. The number of thioether (sulfide) groups is 1. The number of aromatic nitrogens is 1. The lowest BCUT2D eigenvalue weighted by Crippen LogP contribution is -2.44. The summed E-state index contributed by atoms with van der Waals surface area (Å²) in [5.74, 6) is 1.72. The molecule has 0 aliphatic carbocycles. The van der Waals surface area contributed by atoms with Crippen LogP contribution in [-0.4, -0.2) is 65.7 Å². The van der Waals surface area contributed by atoms with E-state index in [1.165, 1.54) is 6.20 Å². The SMILES string of the molecule is COc1ccc2ncc(Cl)c([C@H](O)CCC3(C(=O)O)CCN(CCCSc4ccccc4OC)CC3)c2c1. The highest BCUT2D eigenvalue weighted by Crippen LogP contribution is 2.41. The number of hydrogen-bond donors (Lipinski definition) is 2. The summed E-state index contributed by atoms with van der Waals surface area (Å²) in [6, 6.07) is 13.5. The number of benzene rings is 2. The van der Waals surface area contributed by atoms with Crippen molar-refractivity contribution in [1.29, 1.82) is 0 Å². The zero-order valence-electron chi connectivity index (χ0n) is 21.9. The van der Waals surface area contributed by atoms with Gasteiger partial charge in [0.2, 0.25) is 0 Å². The molecule has 0 amide bonds. The van der Waals surface area contributed by atoms with Gasteiger partial charge in [0.25, 0.3) is 0 Å².